The molecule has 0 spiro atoms. The fraction of sp³-hybridized carbons (Fsp3) is 0.500. The zero-order valence-electron chi connectivity index (χ0n) is 14.1. The molecule has 0 saturated carbocycles. The Morgan fingerprint density at radius 2 is 2.12 bits per heavy atom. The number of benzene rings is 1. The van der Waals surface area contributed by atoms with E-state index in [0.717, 1.165) is 24.9 Å². The van der Waals surface area contributed by atoms with Crippen LogP contribution in [-0.2, 0) is 11.2 Å². The number of nitrogens with one attached hydrogen (secondary N) is 1. The minimum Gasteiger partial charge on any atom is -0.354 e. The number of likely N-dealkylation sites (tertiary alicyclic amines) is 1. The van der Waals surface area contributed by atoms with Crippen molar-refractivity contribution in [2.24, 2.45) is 0 Å². The Morgan fingerprint density at radius 3 is 2.96 bits per heavy atom. The first-order valence-electron chi connectivity index (χ1n) is 8.60. The average molecular weight is 328 g/mol. The van der Waals surface area contributed by atoms with E-state index in [4.69, 9.17) is 4.52 Å². The minimum atomic E-state index is -0.0161. The number of hydrogen-bond donors (Lipinski definition) is 1. The van der Waals surface area contributed by atoms with Gasteiger partial charge in [0.15, 0.2) is 5.82 Å². The predicted octanol–water partition coefficient (Wildman–Crippen LogP) is 2.27. The Balaban J connectivity index is 1.49. The summed E-state index contributed by atoms with van der Waals surface area (Å²) in [6, 6.07) is 9.66. The maximum Gasteiger partial charge on any atom is 0.257 e. The van der Waals surface area contributed by atoms with E-state index in [1.54, 1.807) is 0 Å². The molecule has 1 aromatic heterocycles. The second-order valence-electron chi connectivity index (χ2n) is 6.27. The summed E-state index contributed by atoms with van der Waals surface area (Å²) in [5.41, 5.74) is 0.903. The molecular weight excluding hydrogens is 304 g/mol. The van der Waals surface area contributed by atoms with Gasteiger partial charge in [0, 0.05) is 18.5 Å². The Morgan fingerprint density at radius 1 is 1.29 bits per heavy atom. The van der Waals surface area contributed by atoms with Crippen LogP contribution >= 0.6 is 0 Å². The van der Waals surface area contributed by atoms with Crippen molar-refractivity contribution in [2.75, 3.05) is 20.1 Å². The van der Waals surface area contributed by atoms with E-state index < -0.39 is 0 Å². The maximum atomic E-state index is 12.4. The van der Waals surface area contributed by atoms with Crippen LogP contribution in [0.1, 0.15) is 31.5 Å². The molecule has 1 fully saturated rings. The smallest absolute Gasteiger partial charge is 0.257 e. The second-order valence-corrected chi connectivity index (χ2v) is 6.27. The molecule has 128 valence electrons. The molecule has 0 radical (unpaired) electrons. The molecule has 1 atom stereocenters. The number of amides is 1. The Labute approximate surface area is 142 Å². The lowest BCUT2D eigenvalue weighted by Gasteiger charge is -2.24. The van der Waals surface area contributed by atoms with Crippen LogP contribution in [0.5, 0.6) is 0 Å². The van der Waals surface area contributed by atoms with Gasteiger partial charge in [0.05, 0.1) is 6.04 Å². The van der Waals surface area contributed by atoms with Crippen LogP contribution in [0, 0.1) is 0 Å². The largest absolute Gasteiger partial charge is 0.354 e. The lowest BCUT2D eigenvalue weighted by molar-refractivity contribution is -0.126. The maximum absolute atomic E-state index is 12.4. The summed E-state index contributed by atoms with van der Waals surface area (Å²) in [5, 5.41) is 6.99. The van der Waals surface area contributed by atoms with Crippen molar-refractivity contribution in [3.63, 3.8) is 0 Å². The fourth-order valence-electron chi connectivity index (χ4n) is 3.05. The van der Waals surface area contributed by atoms with Gasteiger partial charge in [-0.15, -0.1) is 0 Å². The zero-order chi connectivity index (χ0) is 16.8. The first-order chi connectivity index (χ1) is 11.7. The summed E-state index contributed by atoms with van der Waals surface area (Å²) >= 11 is 0. The SMILES string of the molecule is CN1CCCCCC1C(=O)NCCc1noc(-c2ccccc2)n1. The van der Waals surface area contributed by atoms with Crippen molar-refractivity contribution >= 4 is 5.91 Å². The number of carbonyl (C=O) groups excluding carboxylic acids is 1. The molecule has 3 rings (SSSR count). The molecule has 1 amide bonds. The lowest BCUT2D eigenvalue weighted by Crippen LogP contribution is -2.45. The molecule has 1 unspecified atom stereocenters. The highest BCUT2D eigenvalue weighted by Crippen LogP contribution is 2.16. The van der Waals surface area contributed by atoms with E-state index >= 15 is 0 Å². The van der Waals surface area contributed by atoms with Gasteiger partial charge < -0.3 is 9.84 Å². The first-order valence-corrected chi connectivity index (χ1v) is 8.60. The van der Waals surface area contributed by atoms with Crippen molar-refractivity contribution in [3.8, 4) is 11.5 Å². The van der Waals surface area contributed by atoms with Crippen LogP contribution in [0.25, 0.3) is 11.5 Å². The molecule has 6 heteroatoms. The molecular formula is C18H24N4O2. The summed E-state index contributed by atoms with van der Waals surface area (Å²) in [7, 11) is 2.03. The van der Waals surface area contributed by atoms with E-state index in [1.807, 2.05) is 37.4 Å². The number of rotatable bonds is 5. The summed E-state index contributed by atoms with van der Waals surface area (Å²) < 4.78 is 5.28. The molecule has 2 heterocycles. The Kier molecular flexibility index (Phi) is 5.59. The molecule has 1 N–H and O–H groups in total. The third kappa shape index (κ3) is 4.20. The van der Waals surface area contributed by atoms with Gasteiger partial charge >= 0.3 is 0 Å². The first kappa shape index (κ1) is 16.6. The van der Waals surface area contributed by atoms with Crippen molar-refractivity contribution in [1.29, 1.82) is 0 Å². The number of hydrogen-bond acceptors (Lipinski definition) is 5. The average Bonchev–Trinajstić information content (AvgIpc) is 2.97. The summed E-state index contributed by atoms with van der Waals surface area (Å²) in [6.07, 6.45) is 5.00. The van der Waals surface area contributed by atoms with Gasteiger partial charge in [-0.05, 0) is 38.6 Å². The quantitative estimate of drug-likeness (QED) is 0.911. The number of aromatic nitrogens is 2. The van der Waals surface area contributed by atoms with Crippen molar-refractivity contribution in [2.45, 2.75) is 38.1 Å². The fourth-order valence-corrected chi connectivity index (χ4v) is 3.05. The molecule has 1 aliphatic rings. The Hall–Kier alpha value is -2.21. The number of carbonyl (C=O) groups is 1. The minimum absolute atomic E-state index is 0.0161. The van der Waals surface area contributed by atoms with Gasteiger partial charge in [0.25, 0.3) is 5.89 Å². The molecule has 6 nitrogen and oxygen atoms in total. The van der Waals surface area contributed by atoms with Gasteiger partial charge in [0.1, 0.15) is 0 Å². The topological polar surface area (TPSA) is 71.3 Å². The van der Waals surface area contributed by atoms with E-state index in [0.29, 0.717) is 24.7 Å². The summed E-state index contributed by atoms with van der Waals surface area (Å²) in [6.45, 7) is 1.51. The molecule has 0 aliphatic carbocycles. The third-order valence-corrected chi connectivity index (χ3v) is 4.46. The molecule has 1 saturated heterocycles. The third-order valence-electron chi connectivity index (χ3n) is 4.46. The summed E-state index contributed by atoms with van der Waals surface area (Å²) in [5.74, 6) is 1.23. The molecule has 1 aromatic carbocycles. The van der Waals surface area contributed by atoms with Crippen LogP contribution < -0.4 is 5.32 Å². The van der Waals surface area contributed by atoms with Crippen molar-refractivity contribution in [3.05, 3.63) is 36.2 Å². The van der Waals surface area contributed by atoms with Gasteiger partial charge in [-0.2, -0.15) is 4.98 Å². The molecule has 2 aromatic rings. The number of likely N-dealkylation sites (N-methyl/N-ethyl adjacent to an activating group) is 1. The van der Waals surface area contributed by atoms with E-state index in [9.17, 15) is 4.79 Å². The monoisotopic (exact) mass is 328 g/mol. The standard InChI is InChI=1S/C18H24N4O2/c1-22-13-7-3-6-10-15(22)17(23)19-12-11-16-20-18(24-21-16)14-8-4-2-5-9-14/h2,4-5,8-9,15H,3,6-7,10-13H2,1H3,(H,19,23). The normalized spacial score (nSPS) is 19.0. The van der Waals surface area contributed by atoms with Crippen LogP contribution in [0.3, 0.4) is 0 Å². The zero-order valence-corrected chi connectivity index (χ0v) is 14.1. The van der Waals surface area contributed by atoms with Gasteiger partial charge in [-0.3, -0.25) is 9.69 Å². The van der Waals surface area contributed by atoms with Crippen molar-refractivity contribution < 1.29 is 9.32 Å². The van der Waals surface area contributed by atoms with Crippen LogP contribution in [-0.4, -0.2) is 47.1 Å². The van der Waals surface area contributed by atoms with Gasteiger partial charge in [-0.25, -0.2) is 0 Å². The molecule has 0 bridgehead atoms. The van der Waals surface area contributed by atoms with Crippen LogP contribution in [0.15, 0.2) is 34.9 Å². The highest BCUT2D eigenvalue weighted by Gasteiger charge is 2.24. The van der Waals surface area contributed by atoms with Crippen LogP contribution in [0.2, 0.25) is 0 Å². The van der Waals surface area contributed by atoms with E-state index in [1.165, 1.54) is 12.8 Å². The Bertz CT molecular complexity index is 656. The van der Waals surface area contributed by atoms with E-state index in [-0.39, 0.29) is 11.9 Å². The highest BCUT2D eigenvalue weighted by atomic mass is 16.5. The predicted molar refractivity (Wildman–Crippen MR) is 91.3 cm³/mol. The number of nitrogens with zero attached hydrogens (tertiary/aromatic N) is 3. The van der Waals surface area contributed by atoms with Crippen molar-refractivity contribution in [1.82, 2.24) is 20.4 Å². The van der Waals surface area contributed by atoms with E-state index in [2.05, 4.69) is 20.4 Å². The van der Waals surface area contributed by atoms with Gasteiger partial charge in [0.2, 0.25) is 5.91 Å². The highest BCUT2D eigenvalue weighted by molar-refractivity contribution is 5.81. The second kappa shape index (κ2) is 8.06. The van der Waals surface area contributed by atoms with Gasteiger partial charge in [-0.1, -0.05) is 36.2 Å². The molecule has 24 heavy (non-hydrogen) atoms. The lowest BCUT2D eigenvalue weighted by atomic mass is 10.1. The van der Waals surface area contributed by atoms with Crippen LogP contribution in [0.4, 0.5) is 0 Å². The summed E-state index contributed by atoms with van der Waals surface area (Å²) in [4.78, 5) is 18.9. The molecule has 1 aliphatic heterocycles.